The standard InChI is InChI=1S/C13H19BrN2O2/c1-17-12-3-2-10(4-11(12)14)5-16-7-13(6-15)8-18-9-13/h2-4,16H,5-9,15H2,1H3. The summed E-state index contributed by atoms with van der Waals surface area (Å²) in [6.45, 7) is 3.93. The van der Waals surface area contributed by atoms with E-state index in [9.17, 15) is 0 Å². The molecule has 3 N–H and O–H groups in total. The van der Waals surface area contributed by atoms with Crippen LogP contribution in [0.15, 0.2) is 22.7 Å². The van der Waals surface area contributed by atoms with Crippen LogP contribution in [0, 0.1) is 5.41 Å². The van der Waals surface area contributed by atoms with Gasteiger partial charge in [-0.25, -0.2) is 0 Å². The number of hydrogen-bond donors (Lipinski definition) is 2. The highest BCUT2D eigenvalue weighted by molar-refractivity contribution is 9.10. The molecule has 1 aromatic carbocycles. The molecule has 100 valence electrons. The fourth-order valence-corrected chi connectivity index (χ4v) is 2.56. The minimum Gasteiger partial charge on any atom is -0.496 e. The van der Waals surface area contributed by atoms with Crippen molar-refractivity contribution in [1.82, 2.24) is 5.32 Å². The van der Waals surface area contributed by atoms with E-state index in [1.165, 1.54) is 5.56 Å². The molecule has 1 heterocycles. The molecule has 1 fully saturated rings. The summed E-state index contributed by atoms with van der Waals surface area (Å²) in [6, 6.07) is 6.09. The molecule has 2 rings (SSSR count). The number of rotatable bonds is 6. The molecule has 1 aromatic rings. The van der Waals surface area contributed by atoms with Gasteiger partial charge in [0, 0.05) is 25.0 Å². The third-order valence-electron chi connectivity index (χ3n) is 3.29. The Balaban J connectivity index is 1.85. The Morgan fingerprint density at radius 1 is 1.50 bits per heavy atom. The summed E-state index contributed by atoms with van der Waals surface area (Å²) in [5.41, 5.74) is 7.13. The molecule has 1 aliphatic heterocycles. The predicted octanol–water partition coefficient (Wildman–Crippen LogP) is 1.52. The molecule has 0 unspecified atom stereocenters. The molecule has 1 saturated heterocycles. The van der Waals surface area contributed by atoms with Crippen LogP contribution in [-0.4, -0.2) is 33.4 Å². The van der Waals surface area contributed by atoms with Gasteiger partial charge in [-0.1, -0.05) is 6.07 Å². The molecule has 4 nitrogen and oxygen atoms in total. The molecule has 0 bridgehead atoms. The molecular formula is C13H19BrN2O2. The highest BCUT2D eigenvalue weighted by atomic mass is 79.9. The van der Waals surface area contributed by atoms with Gasteiger partial charge in [0.15, 0.2) is 0 Å². The first-order valence-electron chi connectivity index (χ1n) is 6.00. The van der Waals surface area contributed by atoms with Crippen molar-refractivity contribution in [2.45, 2.75) is 6.54 Å². The second kappa shape index (κ2) is 6.02. The van der Waals surface area contributed by atoms with Gasteiger partial charge in [-0.3, -0.25) is 0 Å². The maximum absolute atomic E-state index is 5.77. The van der Waals surface area contributed by atoms with E-state index < -0.39 is 0 Å². The lowest BCUT2D eigenvalue weighted by atomic mass is 9.86. The number of halogens is 1. The molecule has 1 aliphatic rings. The van der Waals surface area contributed by atoms with Crippen molar-refractivity contribution in [3.05, 3.63) is 28.2 Å². The maximum atomic E-state index is 5.77. The van der Waals surface area contributed by atoms with Gasteiger partial charge in [0.2, 0.25) is 0 Å². The number of hydrogen-bond acceptors (Lipinski definition) is 4. The molecule has 0 spiro atoms. The Bertz CT molecular complexity index is 402. The smallest absolute Gasteiger partial charge is 0.133 e. The van der Waals surface area contributed by atoms with Crippen molar-refractivity contribution >= 4 is 15.9 Å². The molecule has 0 saturated carbocycles. The summed E-state index contributed by atoms with van der Waals surface area (Å²) in [6.07, 6.45) is 0. The molecule has 0 aromatic heterocycles. The second-order valence-electron chi connectivity index (χ2n) is 4.77. The van der Waals surface area contributed by atoms with Crippen LogP contribution in [0.25, 0.3) is 0 Å². The Morgan fingerprint density at radius 2 is 2.28 bits per heavy atom. The monoisotopic (exact) mass is 314 g/mol. The van der Waals surface area contributed by atoms with Crippen LogP contribution < -0.4 is 15.8 Å². The topological polar surface area (TPSA) is 56.5 Å². The van der Waals surface area contributed by atoms with Gasteiger partial charge in [-0.15, -0.1) is 0 Å². The van der Waals surface area contributed by atoms with Crippen LogP contribution in [0.5, 0.6) is 5.75 Å². The lowest BCUT2D eigenvalue weighted by molar-refractivity contribution is -0.105. The molecule has 5 heteroatoms. The number of nitrogens with one attached hydrogen (secondary N) is 1. The lowest BCUT2D eigenvalue weighted by Crippen LogP contribution is -2.54. The third-order valence-corrected chi connectivity index (χ3v) is 3.91. The van der Waals surface area contributed by atoms with Gasteiger partial charge < -0.3 is 20.5 Å². The van der Waals surface area contributed by atoms with Crippen molar-refractivity contribution in [3.8, 4) is 5.75 Å². The lowest BCUT2D eigenvalue weighted by Gasteiger charge is -2.40. The Morgan fingerprint density at radius 3 is 2.78 bits per heavy atom. The van der Waals surface area contributed by atoms with Crippen LogP contribution >= 0.6 is 15.9 Å². The van der Waals surface area contributed by atoms with E-state index in [0.29, 0.717) is 6.54 Å². The highest BCUT2D eigenvalue weighted by Gasteiger charge is 2.36. The van der Waals surface area contributed by atoms with Crippen molar-refractivity contribution in [1.29, 1.82) is 0 Å². The fourth-order valence-electron chi connectivity index (χ4n) is 1.97. The molecule has 0 amide bonds. The van der Waals surface area contributed by atoms with Gasteiger partial charge in [-0.05, 0) is 33.6 Å². The van der Waals surface area contributed by atoms with Gasteiger partial charge in [0.1, 0.15) is 5.75 Å². The van der Waals surface area contributed by atoms with Gasteiger partial charge in [0.25, 0.3) is 0 Å². The van der Waals surface area contributed by atoms with E-state index in [2.05, 4.69) is 33.4 Å². The van der Waals surface area contributed by atoms with E-state index >= 15 is 0 Å². The van der Waals surface area contributed by atoms with Crippen molar-refractivity contribution in [3.63, 3.8) is 0 Å². The quantitative estimate of drug-likeness (QED) is 0.836. The van der Waals surface area contributed by atoms with Crippen molar-refractivity contribution in [2.75, 3.05) is 33.4 Å². The van der Waals surface area contributed by atoms with Crippen LogP contribution in [0.1, 0.15) is 5.56 Å². The van der Waals surface area contributed by atoms with E-state index in [1.54, 1.807) is 7.11 Å². The summed E-state index contributed by atoms with van der Waals surface area (Å²) in [7, 11) is 1.67. The fraction of sp³-hybridized carbons (Fsp3) is 0.538. The largest absolute Gasteiger partial charge is 0.496 e. The molecule has 0 radical (unpaired) electrons. The van der Waals surface area contributed by atoms with Gasteiger partial charge in [0.05, 0.1) is 24.8 Å². The molecular weight excluding hydrogens is 296 g/mol. The zero-order valence-corrected chi connectivity index (χ0v) is 12.1. The summed E-state index contributed by atoms with van der Waals surface area (Å²) >= 11 is 3.48. The minimum absolute atomic E-state index is 0.143. The zero-order valence-electron chi connectivity index (χ0n) is 10.5. The van der Waals surface area contributed by atoms with E-state index in [4.69, 9.17) is 15.2 Å². The zero-order chi connectivity index (χ0) is 13.0. The highest BCUT2D eigenvalue weighted by Crippen LogP contribution is 2.26. The van der Waals surface area contributed by atoms with Crippen LogP contribution in [-0.2, 0) is 11.3 Å². The SMILES string of the molecule is COc1ccc(CNCC2(CN)COC2)cc1Br. The predicted molar refractivity (Wildman–Crippen MR) is 74.7 cm³/mol. The van der Waals surface area contributed by atoms with E-state index in [0.717, 1.165) is 36.5 Å². The average Bonchev–Trinajstić information content (AvgIpc) is 2.33. The molecule has 0 aliphatic carbocycles. The van der Waals surface area contributed by atoms with Gasteiger partial charge >= 0.3 is 0 Å². The van der Waals surface area contributed by atoms with Crippen LogP contribution in [0.3, 0.4) is 0 Å². The summed E-state index contributed by atoms with van der Waals surface area (Å²) in [5.74, 6) is 0.851. The number of ether oxygens (including phenoxy) is 2. The number of nitrogens with two attached hydrogens (primary N) is 1. The Hall–Kier alpha value is -0.620. The Kier molecular flexibility index (Phi) is 4.61. The summed E-state index contributed by atoms with van der Waals surface area (Å²) < 4.78 is 11.4. The minimum atomic E-state index is 0.143. The van der Waals surface area contributed by atoms with Crippen molar-refractivity contribution < 1.29 is 9.47 Å². The first-order chi connectivity index (χ1) is 8.69. The van der Waals surface area contributed by atoms with Crippen LogP contribution in [0.2, 0.25) is 0 Å². The summed E-state index contributed by atoms with van der Waals surface area (Å²) in [4.78, 5) is 0. The second-order valence-corrected chi connectivity index (χ2v) is 5.62. The van der Waals surface area contributed by atoms with E-state index in [-0.39, 0.29) is 5.41 Å². The normalized spacial score (nSPS) is 17.3. The number of methoxy groups -OCH3 is 1. The molecule has 18 heavy (non-hydrogen) atoms. The Labute approximate surface area is 116 Å². The number of benzene rings is 1. The van der Waals surface area contributed by atoms with E-state index in [1.807, 2.05) is 6.07 Å². The van der Waals surface area contributed by atoms with Crippen molar-refractivity contribution in [2.24, 2.45) is 11.1 Å². The maximum Gasteiger partial charge on any atom is 0.133 e. The first kappa shape index (κ1) is 13.8. The third kappa shape index (κ3) is 3.03. The van der Waals surface area contributed by atoms with Gasteiger partial charge in [-0.2, -0.15) is 0 Å². The summed E-state index contributed by atoms with van der Waals surface area (Å²) in [5, 5.41) is 3.44. The average molecular weight is 315 g/mol. The van der Waals surface area contributed by atoms with Crippen LogP contribution in [0.4, 0.5) is 0 Å². The first-order valence-corrected chi connectivity index (χ1v) is 6.79. The molecule has 0 atom stereocenters.